The highest BCUT2D eigenvalue weighted by molar-refractivity contribution is 6.30. The van der Waals surface area contributed by atoms with E-state index in [4.69, 9.17) is 27.9 Å². The Kier molecular flexibility index (Phi) is 7.48. The van der Waals surface area contributed by atoms with Crippen molar-refractivity contribution in [1.82, 2.24) is 25.0 Å². The average Bonchev–Trinajstić information content (AvgIpc) is 3.70. The van der Waals surface area contributed by atoms with Crippen LogP contribution in [0.3, 0.4) is 0 Å². The van der Waals surface area contributed by atoms with Gasteiger partial charge in [-0.3, -0.25) is 24.2 Å². The summed E-state index contributed by atoms with van der Waals surface area (Å²) in [6, 6.07) is 12.5. The summed E-state index contributed by atoms with van der Waals surface area (Å²) in [7, 11) is 1.70. The number of hydrogen-bond donors (Lipinski definition) is 2. The summed E-state index contributed by atoms with van der Waals surface area (Å²) in [6.45, 7) is -0.376. The maximum atomic E-state index is 16.4. The normalized spacial score (nSPS) is 18.7. The van der Waals surface area contributed by atoms with Crippen LogP contribution in [0.1, 0.15) is 57.3 Å². The number of pyridine rings is 1. The maximum Gasteiger partial charge on any atom is 0.257 e. The van der Waals surface area contributed by atoms with E-state index < -0.39 is 23.6 Å². The molecule has 3 heterocycles. The van der Waals surface area contributed by atoms with Crippen molar-refractivity contribution in [2.45, 2.75) is 31.2 Å². The number of aliphatic hydroxyl groups is 1. The molecule has 0 spiro atoms. The fourth-order valence-corrected chi connectivity index (χ4v) is 5.49. The number of halogens is 3. The van der Waals surface area contributed by atoms with Gasteiger partial charge in [0.25, 0.3) is 5.91 Å². The Hall–Kier alpha value is -3.83. The van der Waals surface area contributed by atoms with E-state index in [2.05, 4.69) is 15.4 Å². The predicted molar refractivity (Wildman–Crippen MR) is 152 cm³/mol. The molecule has 12 heteroatoms. The van der Waals surface area contributed by atoms with Gasteiger partial charge in [-0.2, -0.15) is 5.10 Å². The minimum absolute atomic E-state index is 0.00498. The largest absolute Gasteiger partial charge is 0.384 e. The molecule has 6 rings (SSSR count). The van der Waals surface area contributed by atoms with Crippen LogP contribution in [0.25, 0.3) is 0 Å². The van der Waals surface area contributed by atoms with Crippen LogP contribution in [0.15, 0.2) is 67.1 Å². The Morgan fingerprint density at radius 3 is 2.52 bits per heavy atom. The molecular weight excluding hydrogens is 584 g/mol. The van der Waals surface area contributed by atoms with E-state index in [0.29, 0.717) is 26.9 Å². The van der Waals surface area contributed by atoms with Gasteiger partial charge in [0.15, 0.2) is 0 Å². The Bertz CT molecular complexity index is 1660. The summed E-state index contributed by atoms with van der Waals surface area (Å²) in [5.74, 6) is -1.58. The number of aryl methyl sites for hydroxylation is 1. The molecule has 2 atom stereocenters. The number of rotatable bonds is 9. The maximum absolute atomic E-state index is 16.4. The lowest BCUT2D eigenvalue weighted by molar-refractivity contribution is -0.137. The molecule has 0 bridgehead atoms. The third kappa shape index (κ3) is 5.15. The smallest absolute Gasteiger partial charge is 0.257 e. The molecule has 2 N–H and O–H groups in total. The van der Waals surface area contributed by atoms with E-state index in [1.165, 1.54) is 34.1 Å². The highest BCUT2D eigenvalue weighted by Gasteiger charge is 2.54. The average molecular weight is 610 g/mol. The highest BCUT2D eigenvalue weighted by Crippen LogP contribution is 2.48. The highest BCUT2D eigenvalue weighted by atomic mass is 35.5. The van der Waals surface area contributed by atoms with Crippen LogP contribution >= 0.6 is 23.2 Å². The van der Waals surface area contributed by atoms with Gasteiger partial charge in [-0.05, 0) is 54.8 Å². The zero-order chi connectivity index (χ0) is 29.6. The van der Waals surface area contributed by atoms with Crippen molar-refractivity contribution in [3.8, 4) is 0 Å². The van der Waals surface area contributed by atoms with Gasteiger partial charge in [-0.25, -0.2) is 4.39 Å². The molecule has 1 saturated carbocycles. The van der Waals surface area contributed by atoms with E-state index in [-0.39, 0.29) is 41.8 Å². The number of fused-ring (bicyclic) bond motifs is 1. The molecule has 1 unspecified atom stereocenters. The van der Waals surface area contributed by atoms with Crippen LogP contribution in [0.4, 0.5) is 4.39 Å². The molecule has 2 aliphatic rings. The van der Waals surface area contributed by atoms with Crippen molar-refractivity contribution in [2.24, 2.45) is 13.0 Å². The quantitative estimate of drug-likeness (QED) is 0.266. The van der Waals surface area contributed by atoms with E-state index in [9.17, 15) is 14.7 Å². The Labute approximate surface area is 250 Å². The van der Waals surface area contributed by atoms with E-state index in [1.54, 1.807) is 49.6 Å². The molecule has 2 amide bonds. The van der Waals surface area contributed by atoms with E-state index in [1.807, 2.05) is 0 Å². The van der Waals surface area contributed by atoms with Crippen molar-refractivity contribution in [2.75, 3.05) is 6.73 Å². The van der Waals surface area contributed by atoms with Gasteiger partial charge in [-0.1, -0.05) is 35.3 Å². The number of hydrogen-bond acceptors (Lipinski definition) is 6. The van der Waals surface area contributed by atoms with Crippen molar-refractivity contribution in [3.05, 3.63) is 116 Å². The Balaban J connectivity index is 1.50. The number of nitrogens with one attached hydrogen (secondary N) is 1. The first kappa shape index (κ1) is 28.3. The molecular formula is C30H26Cl2FN5O4. The first-order valence-electron chi connectivity index (χ1n) is 13.3. The van der Waals surface area contributed by atoms with E-state index >= 15 is 4.39 Å². The van der Waals surface area contributed by atoms with Gasteiger partial charge in [0.05, 0.1) is 34.6 Å². The lowest BCUT2D eigenvalue weighted by Gasteiger charge is -2.39. The first-order valence-corrected chi connectivity index (χ1v) is 14.0. The second-order valence-corrected chi connectivity index (χ2v) is 11.3. The molecule has 1 fully saturated rings. The number of ether oxygens (including phenoxy) is 1. The Morgan fingerprint density at radius 1 is 1.14 bits per heavy atom. The van der Waals surface area contributed by atoms with Crippen molar-refractivity contribution in [1.29, 1.82) is 0 Å². The summed E-state index contributed by atoms with van der Waals surface area (Å²) >= 11 is 12.2. The Morgan fingerprint density at radius 2 is 1.88 bits per heavy atom. The standard InChI is InChI=1S/C30H26Cl2FN5O4/c1-37-14-19(12-36-37)27(39)18-10-24-26(25(33)11-18)30(20-4-6-21(31)7-5-20,42-16-35-28(40)17-2-3-17)38(29(24)41)15-23-9-8-22(32)13-34-23/h4-14,17,27,39H,2-3,15-16H2,1H3,(H,35,40)/t27?,30-/m1/s1. The first-order chi connectivity index (χ1) is 20.2. The molecule has 1 aliphatic heterocycles. The number of aromatic nitrogens is 3. The molecule has 1 aliphatic carbocycles. The van der Waals surface area contributed by atoms with Crippen LogP contribution in [-0.2, 0) is 28.8 Å². The summed E-state index contributed by atoms with van der Waals surface area (Å²) in [5.41, 5.74) is -0.360. The molecule has 216 valence electrons. The summed E-state index contributed by atoms with van der Waals surface area (Å²) < 4.78 is 24.3. The second kappa shape index (κ2) is 11.1. The molecule has 2 aromatic carbocycles. The van der Waals surface area contributed by atoms with Gasteiger partial charge >= 0.3 is 0 Å². The van der Waals surface area contributed by atoms with Gasteiger partial charge in [0.2, 0.25) is 11.6 Å². The minimum atomic E-state index is -1.81. The number of nitrogens with zero attached hydrogens (tertiary/aromatic N) is 4. The van der Waals surface area contributed by atoms with Crippen molar-refractivity contribution in [3.63, 3.8) is 0 Å². The van der Waals surface area contributed by atoms with Gasteiger partial charge in [-0.15, -0.1) is 0 Å². The molecule has 4 aromatic rings. The zero-order valence-electron chi connectivity index (χ0n) is 22.4. The summed E-state index contributed by atoms with van der Waals surface area (Å²) in [6.07, 6.45) is 4.89. The van der Waals surface area contributed by atoms with Crippen LogP contribution in [0.5, 0.6) is 0 Å². The van der Waals surface area contributed by atoms with Crippen LogP contribution in [0, 0.1) is 11.7 Å². The number of carbonyl (C=O) groups excluding carboxylic acids is 2. The molecule has 0 radical (unpaired) electrons. The molecule has 9 nitrogen and oxygen atoms in total. The van der Waals surface area contributed by atoms with Gasteiger partial charge in [0, 0.05) is 41.5 Å². The third-order valence-corrected chi connectivity index (χ3v) is 7.96. The SMILES string of the molecule is Cn1cc(C(O)c2cc(F)c3c(c2)C(=O)N(Cc2ccc(Cl)cn2)[C@@]3(OCNC(=O)C2CC2)c2ccc(Cl)cc2)cn1. The van der Waals surface area contributed by atoms with Crippen molar-refractivity contribution < 1.29 is 23.8 Å². The van der Waals surface area contributed by atoms with Gasteiger partial charge < -0.3 is 15.2 Å². The van der Waals surface area contributed by atoms with Crippen LogP contribution in [0.2, 0.25) is 10.0 Å². The zero-order valence-corrected chi connectivity index (χ0v) is 23.9. The van der Waals surface area contributed by atoms with Crippen LogP contribution < -0.4 is 5.32 Å². The molecule has 2 aromatic heterocycles. The van der Waals surface area contributed by atoms with Gasteiger partial charge in [0.1, 0.15) is 18.7 Å². The molecule has 0 saturated heterocycles. The fraction of sp³-hybridized carbons (Fsp3) is 0.267. The summed E-state index contributed by atoms with van der Waals surface area (Å²) in [4.78, 5) is 32.4. The lowest BCUT2D eigenvalue weighted by atomic mass is 9.90. The monoisotopic (exact) mass is 609 g/mol. The number of carbonyl (C=O) groups is 2. The fourth-order valence-electron chi connectivity index (χ4n) is 5.25. The summed E-state index contributed by atoms with van der Waals surface area (Å²) in [5, 5.41) is 18.7. The number of aliphatic hydroxyl groups excluding tert-OH is 1. The number of amides is 2. The second-order valence-electron chi connectivity index (χ2n) is 10.4. The van der Waals surface area contributed by atoms with Crippen LogP contribution in [-0.4, -0.2) is 43.3 Å². The third-order valence-electron chi connectivity index (χ3n) is 7.48. The topological polar surface area (TPSA) is 110 Å². The molecule has 42 heavy (non-hydrogen) atoms. The van der Waals surface area contributed by atoms with E-state index in [0.717, 1.165) is 12.8 Å². The lowest BCUT2D eigenvalue weighted by Crippen LogP contribution is -2.49. The van der Waals surface area contributed by atoms with Crippen molar-refractivity contribution >= 4 is 35.0 Å². The number of benzene rings is 2. The predicted octanol–water partition coefficient (Wildman–Crippen LogP) is 4.70. The minimum Gasteiger partial charge on any atom is -0.384 e.